The third-order valence-corrected chi connectivity index (χ3v) is 4.91. The van der Waals surface area contributed by atoms with Crippen molar-refractivity contribution in [2.45, 2.75) is 51.7 Å². The number of amides is 5. The van der Waals surface area contributed by atoms with E-state index in [9.17, 15) is 34.1 Å². The number of imide groups is 1. The lowest BCUT2D eigenvalue weighted by molar-refractivity contribution is -0.385. The Morgan fingerprint density at radius 1 is 1.03 bits per heavy atom. The third-order valence-electron chi connectivity index (χ3n) is 4.91. The largest absolute Gasteiger partial charge is 0.391 e. The van der Waals surface area contributed by atoms with E-state index in [4.69, 9.17) is 9.94 Å². The summed E-state index contributed by atoms with van der Waals surface area (Å²) in [7, 11) is 0. The van der Waals surface area contributed by atoms with Gasteiger partial charge in [-0.3, -0.25) is 24.5 Å². The molecule has 5 amide bonds. The smallest absolute Gasteiger partial charge is 0.333 e. The molecule has 0 aromatic heterocycles. The zero-order valence-corrected chi connectivity index (χ0v) is 18.9. The highest BCUT2D eigenvalue weighted by atomic mass is 16.7. The van der Waals surface area contributed by atoms with E-state index in [0.717, 1.165) is 0 Å². The minimum absolute atomic E-state index is 0.0134. The van der Waals surface area contributed by atoms with Crippen LogP contribution in [0.2, 0.25) is 0 Å². The number of hydrogen-bond acceptors (Lipinski definition) is 9. The Morgan fingerprint density at radius 3 is 2.26 bits per heavy atom. The van der Waals surface area contributed by atoms with Gasteiger partial charge in [-0.2, -0.15) is 0 Å². The van der Waals surface area contributed by atoms with Crippen molar-refractivity contribution in [1.29, 1.82) is 0 Å². The maximum absolute atomic E-state index is 11.9. The first kappa shape index (κ1) is 27.2. The van der Waals surface area contributed by atoms with Gasteiger partial charge in [0.1, 0.15) is 0 Å². The number of aliphatic hydroxyl groups excluding tert-OH is 1. The first-order valence-corrected chi connectivity index (χ1v) is 10.9. The van der Waals surface area contributed by atoms with Gasteiger partial charge in [-0.1, -0.05) is 6.07 Å². The summed E-state index contributed by atoms with van der Waals surface area (Å²) >= 11 is 0. The molecule has 190 valence electrons. The fourth-order valence-corrected chi connectivity index (χ4v) is 3.07. The molecule has 14 nitrogen and oxygen atoms in total. The van der Waals surface area contributed by atoms with Crippen LogP contribution in [0.4, 0.5) is 10.5 Å². The van der Waals surface area contributed by atoms with Crippen molar-refractivity contribution in [2.75, 3.05) is 13.1 Å². The van der Waals surface area contributed by atoms with Gasteiger partial charge in [-0.25, -0.2) is 9.59 Å². The van der Waals surface area contributed by atoms with Gasteiger partial charge < -0.3 is 25.9 Å². The Morgan fingerprint density at radius 2 is 1.66 bits per heavy atom. The third kappa shape index (κ3) is 9.00. The topological polar surface area (TPSA) is 197 Å². The number of aliphatic hydroxyl groups is 1. The molecule has 2 rings (SSSR count). The maximum Gasteiger partial charge on any atom is 0.333 e. The lowest BCUT2D eigenvalue weighted by Crippen LogP contribution is -2.37. The average molecular weight is 493 g/mol. The van der Waals surface area contributed by atoms with Gasteiger partial charge in [0.25, 0.3) is 17.5 Å². The SMILES string of the molecule is O=C(CCCNC(=O)NCCCC(=O)ON1C(=O)CCC1=O)NCc1ccc(CO)c([N+](=O)[O-])c1. The summed E-state index contributed by atoms with van der Waals surface area (Å²) in [6, 6.07) is 3.82. The molecule has 1 aliphatic rings. The number of nitrogens with zero attached hydrogens (tertiary/aromatic N) is 2. The minimum Gasteiger partial charge on any atom is -0.391 e. The number of hydroxylamine groups is 2. The number of carbonyl (C=O) groups is 5. The molecule has 1 saturated heterocycles. The fraction of sp³-hybridized carbons (Fsp3) is 0.476. The predicted molar refractivity (Wildman–Crippen MR) is 118 cm³/mol. The lowest BCUT2D eigenvalue weighted by Gasteiger charge is -2.12. The summed E-state index contributed by atoms with van der Waals surface area (Å²) < 4.78 is 0. The highest BCUT2D eigenvalue weighted by Crippen LogP contribution is 2.20. The number of carbonyl (C=O) groups excluding carboxylic acids is 5. The Bertz CT molecular complexity index is 966. The van der Waals surface area contributed by atoms with E-state index in [1.54, 1.807) is 6.07 Å². The van der Waals surface area contributed by atoms with Gasteiger partial charge in [0.2, 0.25) is 5.91 Å². The zero-order chi connectivity index (χ0) is 25.8. The van der Waals surface area contributed by atoms with E-state index >= 15 is 0 Å². The molecule has 0 saturated carbocycles. The van der Waals surface area contributed by atoms with Crippen LogP contribution < -0.4 is 16.0 Å². The van der Waals surface area contributed by atoms with Crippen LogP contribution in [-0.2, 0) is 37.2 Å². The molecular weight excluding hydrogens is 466 g/mol. The second-order valence-corrected chi connectivity index (χ2v) is 7.59. The second kappa shape index (κ2) is 13.6. The Hall–Kier alpha value is -4.07. The van der Waals surface area contributed by atoms with Crippen LogP contribution in [0.5, 0.6) is 0 Å². The zero-order valence-electron chi connectivity index (χ0n) is 18.9. The van der Waals surface area contributed by atoms with E-state index < -0.39 is 35.3 Å². The van der Waals surface area contributed by atoms with Crippen molar-refractivity contribution in [3.05, 3.63) is 39.4 Å². The van der Waals surface area contributed by atoms with Gasteiger partial charge in [0, 0.05) is 51.4 Å². The molecule has 1 aliphatic heterocycles. The normalized spacial score (nSPS) is 12.9. The van der Waals surface area contributed by atoms with E-state index in [0.29, 0.717) is 17.0 Å². The number of nitro groups is 1. The summed E-state index contributed by atoms with van der Waals surface area (Å²) in [5, 5.41) is 28.3. The standard InChI is InChI=1S/C21H27N5O9/c27-13-15-6-5-14(11-16(15)26(33)34)12-24-17(28)3-1-9-22-21(32)23-10-2-4-20(31)35-25-18(29)7-8-19(25)30/h5-6,11,27H,1-4,7-10,12-13H2,(H,24,28)(H2,22,23,32). The van der Waals surface area contributed by atoms with Crippen LogP contribution in [-0.4, -0.2) is 57.9 Å². The molecule has 0 radical (unpaired) electrons. The number of rotatable bonds is 13. The first-order chi connectivity index (χ1) is 16.7. The van der Waals surface area contributed by atoms with E-state index in [1.165, 1.54) is 12.1 Å². The molecule has 0 spiro atoms. The average Bonchev–Trinajstić information content (AvgIpc) is 3.15. The van der Waals surface area contributed by atoms with Crippen LogP contribution in [0.25, 0.3) is 0 Å². The predicted octanol–water partition coefficient (Wildman–Crippen LogP) is 0.170. The summed E-state index contributed by atoms with van der Waals surface area (Å²) in [4.78, 5) is 73.2. The van der Waals surface area contributed by atoms with Crippen LogP contribution in [0.1, 0.15) is 49.7 Å². The fourth-order valence-electron chi connectivity index (χ4n) is 3.07. The molecule has 1 fully saturated rings. The van der Waals surface area contributed by atoms with Gasteiger partial charge in [-0.15, -0.1) is 5.06 Å². The molecule has 0 bridgehead atoms. The first-order valence-electron chi connectivity index (χ1n) is 10.9. The summed E-state index contributed by atoms with van der Waals surface area (Å²) in [6.07, 6.45) is 0.647. The van der Waals surface area contributed by atoms with Gasteiger partial charge in [0.05, 0.1) is 17.1 Å². The quantitative estimate of drug-likeness (QED) is 0.128. The molecule has 1 aromatic rings. The van der Waals surface area contributed by atoms with Crippen LogP contribution in [0.15, 0.2) is 18.2 Å². The number of benzene rings is 1. The van der Waals surface area contributed by atoms with E-state index in [1.807, 2.05) is 0 Å². The van der Waals surface area contributed by atoms with Gasteiger partial charge >= 0.3 is 12.0 Å². The highest BCUT2D eigenvalue weighted by molar-refractivity contribution is 6.01. The summed E-state index contributed by atoms with van der Waals surface area (Å²) in [6.45, 7) is 0.00260. The van der Waals surface area contributed by atoms with Gasteiger partial charge in [-0.05, 0) is 24.5 Å². The molecule has 0 aliphatic carbocycles. The maximum atomic E-state index is 11.9. The molecule has 0 unspecified atom stereocenters. The summed E-state index contributed by atoms with van der Waals surface area (Å²) in [5.41, 5.74) is 0.481. The highest BCUT2D eigenvalue weighted by Gasteiger charge is 2.32. The van der Waals surface area contributed by atoms with Crippen molar-refractivity contribution in [3.63, 3.8) is 0 Å². The Kier molecular flexibility index (Phi) is 10.6. The van der Waals surface area contributed by atoms with Crippen molar-refractivity contribution in [3.8, 4) is 0 Å². The molecule has 35 heavy (non-hydrogen) atoms. The number of nitro benzene ring substituents is 1. The van der Waals surface area contributed by atoms with E-state index in [-0.39, 0.29) is 68.9 Å². The van der Waals surface area contributed by atoms with Gasteiger partial charge in [0.15, 0.2) is 0 Å². The number of urea groups is 1. The molecule has 4 N–H and O–H groups in total. The molecule has 0 atom stereocenters. The second-order valence-electron chi connectivity index (χ2n) is 7.59. The van der Waals surface area contributed by atoms with Crippen molar-refractivity contribution in [1.82, 2.24) is 21.0 Å². The Labute approximate surface area is 200 Å². The minimum atomic E-state index is -0.749. The van der Waals surface area contributed by atoms with E-state index in [2.05, 4.69) is 16.0 Å². The van der Waals surface area contributed by atoms with Crippen molar-refractivity contribution in [2.24, 2.45) is 0 Å². The molecule has 1 heterocycles. The van der Waals surface area contributed by atoms with Crippen LogP contribution in [0.3, 0.4) is 0 Å². The van der Waals surface area contributed by atoms with Crippen LogP contribution in [0, 0.1) is 10.1 Å². The molecule has 1 aromatic carbocycles. The Balaban J connectivity index is 1.54. The summed E-state index contributed by atoms with van der Waals surface area (Å²) in [5.74, 6) is -2.17. The van der Waals surface area contributed by atoms with Crippen molar-refractivity contribution >= 4 is 35.4 Å². The number of hydrogen-bond donors (Lipinski definition) is 4. The van der Waals surface area contributed by atoms with Crippen LogP contribution >= 0.6 is 0 Å². The lowest BCUT2D eigenvalue weighted by atomic mass is 10.1. The number of nitrogens with one attached hydrogen (secondary N) is 3. The van der Waals surface area contributed by atoms with Crippen molar-refractivity contribution < 1.29 is 38.8 Å². The molecule has 14 heteroatoms. The molecular formula is C21H27N5O9. The monoisotopic (exact) mass is 493 g/mol.